The number of rotatable bonds is 1. The Hall–Kier alpha value is -1.38. The van der Waals surface area contributed by atoms with E-state index in [1.54, 1.807) is 0 Å². The van der Waals surface area contributed by atoms with E-state index in [1.165, 1.54) is 25.7 Å². The maximum Gasteiger partial charge on any atom is 0.0557 e. The van der Waals surface area contributed by atoms with Crippen LogP contribution in [0.2, 0.25) is 0 Å². The average molecular weight is 240 g/mol. The van der Waals surface area contributed by atoms with Crippen LogP contribution in [0.5, 0.6) is 0 Å². The highest BCUT2D eigenvalue weighted by Gasteiger charge is 2.20. The minimum atomic E-state index is 0.609. The molecule has 0 aliphatic carbocycles. The summed E-state index contributed by atoms with van der Waals surface area (Å²) in [6.07, 6.45) is 0. The Kier molecular flexibility index (Phi) is 2.01. The normalized spacial score (nSPS) is 16.5. The second-order valence-corrected chi connectivity index (χ2v) is 5.67. The fourth-order valence-electron chi connectivity index (χ4n) is 2.43. The third kappa shape index (κ3) is 1.41. The average Bonchev–Trinajstić information content (AvgIpc) is 2.65. The summed E-state index contributed by atoms with van der Waals surface area (Å²) in [5, 5.41) is 2.78. The van der Waals surface area contributed by atoms with Gasteiger partial charge in [0.25, 0.3) is 0 Å². The fraction of sp³-hybridized carbons (Fsp3) is 0.200. The fourth-order valence-corrected chi connectivity index (χ4v) is 3.51. The van der Waals surface area contributed by atoms with Crippen molar-refractivity contribution >= 4 is 31.5 Å². The van der Waals surface area contributed by atoms with Gasteiger partial charge in [-0.15, -0.1) is 11.3 Å². The molecule has 1 aromatic heterocycles. The van der Waals surface area contributed by atoms with Crippen molar-refractivity contribution in [1.29, 1.82) is 0 Å². The van der Waals surface area contributed by atoms with Gasteiger partial charge in [0.1, 0.15) is 0 Å². The van der Waals surface area contributed by atoms with E-state index in [0.29, 0.717) is 5.92 Å². The van der Waals surface area contributed by atoms with Gasteiger partial charge >= 0.3 is 0 Å². The van der Waals surface area contributed by atoms with E-state index >= 15 is 0 Å². The molecule has 0 unspecified atom stereocenters. The summed E-state index contributed by atoms with van der Waals surface area (Å²) in [6, 6.07) is 15.5. The van der Waals surface area contributed by atoms with Gasteiger partial charge < -0.3 is 4.74 Å². The van der Waals surface area contributed by atoms with E-state index in [9.17, 15) is 0 Å². The van der Waals surface area contributed by atoms with Crippen molar-refractivity contribution in [3.05, 3.63) is 48.0 Å². The second-order valence-electron chi connectivity index (χ2n) is 4.59. The third-order valence-corrected chi connectivity index (χ3v) is 4.66. The predicted octanol–water partition coefficient (Wildman–Crippen LogP) is 4.17. The van der Waals surface area contributed by atoms with Crippen LogP contribution in [-0.2, 0) is 4.74 Å². The van der Waals surface area contributed by atoms with Crippen LogP contribution < -0.4 is 0 Å². The van der Waals surface area contributed by atoms with Gasteiger partial charge in [-0.25, -0.2) is 0 Å². The topological polar surface area (TPSA) is 9.23 Å². The summed E-state index contributed by atoms with van der Waals surface area (Å²) in [6.45, 7) is 1.77. The molecule has 84 valence electrons. The highest BCUT2D eigenvalue weighted by molar-refractivity contribution is 7.25. The van der Waals surface area contributed by atoms with E-state index in [2.05, 4.69) is 42.5 Å². The SMILES string of the molecule is c1ccc2c(c1)sc1ccc(C3COC3)cc12. The van der Waals surface area contributed by atoms with Crippen molar-refractivity contribution in [2.45, 2.75) is 5.92 Å². The predicted molar refractivity (Wildman–Crippen MR) is 72.9 cm³/mol. The molecule has 1 aliphatic heterocycles. The standard InChI is InChI=1S/C15H12OS/c1-2-4-14-12(3-1)13-7-10(11-8-16-9-11)5-6-15(13)17-14/h1-7,11H,8-9H2. The monoisotopic (exact) mass is 240 g/mol. The zero-order chi connectivity index (χ0) is 11.2. The van der Waals surface area contributed by atoms with Crippen LogP contribution in [0.1, 0.15) is 11.5 Å². The molecule has 0 saturated carbocycles. The Morgan fingerprint density at radius 3 is 2.59 bits per heavy atom. The second kappa shape index (κ2) is 3.56. The highest BCUT2D eigenvalue weighted by Crippen LogP contribution is 2.36. The first kappa shape index (κ1) is 9.63. The molecule has 3 aromatic rings. The van der Waals surface area contributed by atoms with E-state index in [1.807, 2.05) is 11.3 Å². The largest absolute Gasteiger partial charge is 0.380 e. The van der Waals surface area contributed by atoms with Crippen LogP contribution in [0, 0.1) is 0 Å². The molecule has 2 heteroatoms. The van der Waals surface area contributed by atoms with Gasteiger partial charge in [-0.05, 0) is 23.8 Å². The van der Waals surface area contributed by atoms with Gasteiger partial charge in [0.2, 0.25) is 0 Å². The molecule has 1 nitrogen and oxygen atoms in total. The zero-order valence-corrected chi connectivity index (χ0v) is 10.2. The first-order valence-electron chi connectivity index (χ1n) is 5.91. The van der Waals surface area contributed by atoms with E-state index in [-0.39, 0.29) is 0 Å². The molecule has 2 heterocycles. The number of fused-ring (bicyclic) bond motifs is 3. The zero-order valence-electron chi connectivity index (χ0n) is 9.35. The molecular weight excluding hydrogens is 228 g/mol. The lowest BCUT2D eigenvalue weighted by atomic mass is 9.96. The number of hydrogen-bond donors (Lipinski definition) is 0. The molecule has 17 heavy (non-hydrogen) atoms. The van der Waals surface area contributed by atoms with Gasteiger partial charge in [-0.1, -0.05) is 24.3 Å². The Bertz CT molecular complexity index is 694. The molecule has 0 N–H and O–H groups in total. The Morgan fingerprint density at radius 2 is 1.76 bits per heavy atom. The van der Waals surface area contributed by atoms with E-state index in [4.69, 9.17) is 4.74 Å². The van der Waals surface area contributed by atoms with Crippen LogP contribution in [0.4, 0.5) is 0 Å². The van der Waals surface area contributed by atoms with Gasteiger partial charge in [-0.2, -0.15) is 0 Å². The molecule has 1 saturated heterocycles. The molecule has 4 rings (SSSR count). The quantitative estimate of drug-likeness (QED) is 0.620. The summed E-state index contributed by atoms with van der Waals surface area (Å²) >= 11 is 1.88. The maximum atomic E-state index is 5.27. The van der Waals surface area contributed by atoms with Crippen molar-refractivity contribution in [3.8, 4) is 0 Å². The van der Waals surface area contributed by atoms with Gasteiger partial charge in [0.15, 0.2) is 0 Å². The van der Waals surface area contributed by atoms with Crippen molar-refractivity contribution in [2.75, 3.05) is 13.2 Å². The van der Waals surface area contributed by atoms with Crippen molar-refractivity contribution in [2.24, 2.45) is 0 Å². The first-order valence-corrected chi connectivity index (χ1v) is 6.72. The lowest BCUT2D eigenvalue weighted by Gasteiger charge is -2.26. The van der Waals surface area contributed by atoms with Crippen molar-refractivity contribution in [1.82, 2.24) is 0 Å². The molecule has 0 amide bonds. The molecule has 1 aliphatic rings. The molecule has 1 fully saturated rings. The van der Waals surface area contributed by atoms with E-state index in [0.717, 1.165) is 13.2 Å². The molecular formula is C15H12OS. The van der Waals surface area contributed by atoms with Gasteiger partial charge in [-0.3, -0.25) is 0 Å². The smallest absolute Gasteiger partial charge is 0.0557 e. The van der Waals surface area contributed by atoms with E-state index < -0.39 is 0 Å². The van der Waals surface area contributed by atoms with Crippen molar-refractivity contribution in [3.63, 3.8) is 0 Å². The summed E-state index contributed by atoms with van der Waals surface area (Å²) in [5.74, 6) is 0.609. The lowest BCUT2D eigenvalue weighted by molar-refractivity contribution is 0.00848. The minimum Gasteiger partial charge on any atom is -0.380 e. The number of hydrogen-bond acceptors (Lipinski definition) is 2. The lowest BCUT2D eigenvalue weighted by Crippen LogP contribution is -2.24. The van der Waals surface area contributed by atoms with Crippen molar-refractivity contribution < 1.29 is 4.74 Å². The van der Waals surface area contributed by atoms with Crippen LogP contribution in [-0.4, -0.2) is 13.2 Å². The molecule has 0 bridgehead atoms. The maximum absolute atomic E-state index is 5.27. The van der Waals surface area contributed by atoms with Crippen LogP contribution in [0.15, 0.2) is 42.5 Å². The third-order valence-electron chi connectivity index (χ3n) is 3.51. The Labute approximate surface area is 104 Å². The summed E-state index contributed by atoms with van der Waals surface area (Å²) in [5.41, 5.74) is 1.42. The summed E-state index contributed by atoms with van der Waals surface area (Å²) in [4.78, 5) is 0. The van der Waals surface area contributed by atoms with Gasteiger partial charge in [0.05, 0.1) is 13.2 Å². The number of ether oxygens (including phenoxy) is 1. The van der Waals surface area contributed by atoms with Crippen LogP contribution in [0.25, 0.3) is 20.2 Å². The minimum absolute atomic E-state index is 0.609. The summed E-state index contributed by atoms with van der Waals surface area (Å²) in [7, 11) is 0. The molecule has 2 aromatic carbocycles. The van der Waals surface area contributed by atoms with Crippen LogP contribution in [0.3, 0.4) is 0 Å². The molecule has 0 radical (unpaired) electrons. The Morgan fingerprint density at radius 1 is 0.941 bits per heavy atom. The van der Waals surface area contributed by atoms with Gasteiger partial charge in [0, 0.05) is 26.1 Å². The Balaban J connectivity index is 2.00. The number of thiophene rings is 1. The molecule has 0 spiro atoms. The highest BCUT2D eigenvalue weighted by atomic mass is 32.1. The molecule has 0 atom stereocenters. The van der Waals surface area contributed by atoms with Crippen LogP contribution >= 0.6 is 11.3 Å². The first-order chi connectivity index (χ1) is 8.42. The number of benzene rings is 2. The summed E-state index contributed by atoms with van der Waals surface area (Å²) < 4.78 is 8.04.